The maximum Gasteiger partial charge on any atom is 0.305 e. The third-order valence-electron chi connectivity index (χ3n) is 6.51. The maximum atomic E-state index is 13.9. The van der Waals surface area contributed by atoms with Crippen molar-refractivity contribution in [2.24, 2.45) is 0 Å². The second-order valence-corrected chi connectivity index (χ2v) is 11.8. The van der Waals surface area contributed by atoms with Gasteiger partial charge in [0.1, 0.15) is 0 Å². The van der Waals surface area contributed by atoms with E-state index in [1.54, 1.807) is 4.90 Å². The Morgan fingerprint density at radius 1 is 0.743 bits per heavy atom. The third-order valence-corrected chi connectivity index (χ3v) is 10.6. The molecule has 1 amide bonds. The zero-order chi connectivity index (χ0) is 24.3. The average molecular weight is 480 g/mol. The van der Waals surface area contributed by atoms with Gasteiger partial charge in [-0.3, -0.25) is 9.59 Å². The van der Waals surface area contributed by atoms with E-state index in [9.17, 15) is 14.7 Å². The molecule has 35 heavy (non-hydrogen) atoms. The van der Waals surface area contributed by atoms with Crippen molar-refractivity contribution in [2.75, 3.05) is 11.4 Å². The van der Waals surface area contributed by atoms with Crippen LogP contribution < -0.4 is 20.8 Å². The fraction of sp³-hybridized carbons (Fsp3) is 0.100. The first kappa shape index (κ1) is 22.9. The second-order valence-electron chi connectivity index (χ2n) is 8.55. The Bertz CT molecular complexity index is 1300. The molecule has 0 saturated carbocycles. The molecule has 5 rings (SSSR count). The van der Waals surface area contributed by atoms with Gasteiger partial charge in [0.2, 0.25) is 5.91 Å². The van der Waals surface area contributed by atoms with Crippen LogP contribution in [0.25, 0.3) is 0 Å². The first-order valence-electron chi connectivity index (χ1n) is 11.6. The van der Waals surface area contributed by atoms with Gasteiger partial charge in [-0.1, -0.05) is 115 Å². The van der Waals surface area contributed by atoms with Crippen molar-refractivity contribution < 1.29 is 14.7 Å². The summed E-state index contributed by atoms with van der Waals surface area (Å²) in [5, 5.41) is 12.8. The molecule has 1 aliphatic rings. The molecule has 0 saturated heterocycles. The molecule has 1 aliphatic heterocycles. The number of fused-ring (bicyclic) bond motifs is 1. The lowest BCUT2D eigenvalue weighted by Gasteiger charge is -2.30. The number of hydrogen-bond acceptors (Lipinski definition) is 2. The van der Waals surface area contributed by atoms with Crippen molar-refractivity contribution in [3.63, 3.8) is 0 Å². The number of anilines is 1. The molecule has 4 aromatic carbocycles. The predicted octanol–water partition coefficient (Wildman–Crippen LogP) is 4.39. The zero-order valence-electron chi connectivity index (χ0n) is 19.2. The Kier molecular flexibility index (Phi) is 6.39. The Morgan fingerprint density at radius 3 is 1.69 bits per heavy atom. The smallest absolute Gasteiger partial charge is 0.305 e. The summed E-state index contributed by atoms with van der Waals surface area (Å²) in [5.41, 5.74) is 1.72. The monoisotopic (exact) mass is 479 g/mol. The van der Waals surface area contributed by atoms with E-state index in [-0.39, 0.29) is 18.9 Å². The molecule has 0 aromatic heterocycles. The van der Waals surface area contributed by atoms with Crippen LogP contribution in [0.5, 0.6) is 0 Å². The molecule has 5 heteroatoms. The van der Waals surface area contributed by atoms with Crippen LogP contribution >= 0.6 is 6.89 Å². The van der Waals surface area contributed by atoms with Crippen molar-refractivity contribution in [2.45, 2.75) is 12.3 Å². The summed E-state index contributed by atoms with van der Waals surface area (Å²) < 4.78 is 0. The molecular weight excluding hydrogens is 453 g/mol. The topological polar surface area (TPSA) is 57.6 Å². The summed E-state index contributed by atoms with van der Waals surface area (Å²) >= 11 is 0. The van der Waals surface area contributed by atoms with Crippen LogP contribution in [0.15, 0.2) is 115 Å². The number of amides is 1. The molecule has 0 fully saturated rings. The van der Waals surface area contributed by atoms with Crippen molar-refractivity contribution >= 4 is 46.2 Å². The minimum Gasteiger partial charge on any atom is -0.481 e. The summed E-state index contributed by atoms with van der Waals surface area (Å²) in [6.07, 6.45) is -0.0941. The Labute approximate surface area is 205 Å². The number of para-hydroxylation sites is 1. The normalized spacial score (nSPS) is 15.0. The van der Waals surface area contributed by atoms with Crippen LogP contribution in [0.4, 0.5) is 5.69 Å². The predicted molar refractivity (Wildman–Crippen MR) is 145 cm³/mol. The van der Waals surface area contributed by atoms with Crippen LogP contribution in [-0.4, -0.2) is 29.3 Å². The molecule has 1 atom stereocenters. The molecule has 0 bridgehead atoms. The molecule has 1 unspecified atom stereocenters. The first-order chi connectivity index (χ1) is 17.1. The molecule has 1 N–H and O–H groups in total. The molecule has 4 nitrogen and oxygen atoms in total. The van der Waals surface area contributed by atoms with Crippen LogP contribution in [0, 0.1) is 0 Å². The molecule has 1 heterocycles. The van der Waals surface area contributed by atoms with Crippen LogP contribution in [0.3, 0.4) is 0 Å². The summed E-state index contributed by atoms with van der Waals surface area (Å²) in [6, 6.07) is 39.0. The van der Waals surface area contributed by atoms with E-state index in [1.165, 1.54) is 15.9 Å². The molecule has 174 valence electrons. The molecule has 0 aliphatic carbocycles. The Hall–Kier alpha value is -3.88. The lowest BCUT2D eigenvalue weighted by molar-refractivity contribution is -0.136. The summed E-state index contributed by atoms with van der Waals surface area (Å²) in [4.78, 5) is 26.8. The van der Waals surface area contributed by atoms with Gasteiger partial charge in [0.15, 0.2) is 0 Å². The molecular formula is C30H26NO3P. The largest absolute Gasteiger partial charge is 0.481 e. The minimum absolute atomic E-state index is 0.0698. The standard InChI is InChI=1S/C30H26NO3P/c32-29(33)20-21-31-28-19-11-10-18-26(28)27(30(31)34)22-35(23-12-4-1-5-13-23,24-14-6-2-7-15-24)25-16-8-3-9-17-25/h1-19,22,27H,20-21H2,(H,32,33). The fourth-order valence-corrected chi connectivity index (χ4v) is 8.99. The summed E-state index contributed by atoms with van der Waals surface area (Å²) in [6.45, 7) is -2.19. The van der Waals surface area contributed by atoms with E-state index in [4.69, 9.17) is 0 Å². The fourth-order valence-electron chi connectivity index (χ4n) is 4.92. The highest BCUT2D eigenvalue weighted by Gasteiger charge is 2.38. The number of carboxylic acids is 1. The third kappa shape index (κ3) is 4.22. The highest BCUT2D eigenvalue weighted by Crippen LogP contribution is 2.48. The number of carbonyl (C=O) groups excluding carboxylic acids is 1. The Balaban J connectivity index is 1.80. The summed E-state index contributed by atoms with van der Waals surface area (Å²) in [7, 11) is 0. The number of rotatable bonds is 7. The van der Waals surface area contributed by atoms with E-state index in [2.05, 4.69) is 42.2 Å². The van der Waals surface area contributed by atoms with Crippen molar-refractivity contribution in [1.29, 1.82) is 0 Å². The zero-order valence-corrected chi connectivity index (χ0v) is 20.1. The molecule has 4 aromatic rings. The van der Waals surface area contributed by atoms with Crippen LogP contribution in [0.1, 0.15) is 17.9 Å². The van der Waals surface area contributed by atoms with Crippen LogP contribution in [-0.2, 0) is 9.59 Å². The number of aliphatic carboxylic acids is 1. The van der Waals surface area contributed by atoms with Crippen LogP contribution in [0.2, 0.25) is 0 Å². The lowest BCUT2D eigenvalue weighted by atomic mass is 10.0. The van der Waals surface area contributed by atoms with Gasteiger partial charge in [-0.15, -0.1) is 0 Å². The average Bonchev–Trinajstić information content (AvgIpc) is 3.17. The molecule has 0 spiro atoms. The van der Waals surface area contributed by atoms with E-state index >= 15 is 0 Å². The van der Waals surface area contributed by atoms with Gasteiger partial charge in [-0.25, -0.2) is 0 Å². The van der Waals surface area contributed by atoms with E-state index in [1.807, 2.05) is 78.9 Å². The highest BCUT2D eigenvalue weighted by atomic mass is 31.2. The SMILES string of the molecule is O=C(O)CCN1C(=O)C(C=P(c2ccccc2)(c2ccccc2)c2ccccc2)c2ccccc21. The highest BCUT2D eigenvalue weighted by molar-refractivity contribution is 7.94. The van der Waals surface area contributed by atoms with Gasteiger partial charge in [-0.05, 0) is 34.4 Å². The van der Waals surface area contributed by atoms with Crippen molar-refractivity contribution in [1.82, 2.24) is 0 Å². The number of nitrogens with zero attached hydrogens (tertiary/aromatic N) is 1. The van der Waals surface area contributed by atoms with E-state index in [0.29, 0.717) is 0 Å². The van der Waals surface area contributed by atoms with Gasteiger partial charge < -0.3 is 10.0 Å². The van der Waals surface area contributed by atoms with Crippen molar-refractivity contribution in [3.05, 3.63) is 121 Å². The quantitative estimate of drug-likeness (QED) is 0.400. The Morgan fingerprint density at radius 2 is 1.20 bits per heavy atom. The molecule has 0 radical (unpaired) electrons. The van der Waals surface area contributed by atoms with Gasteiger partial charge in [0.05, 0.1) is 12.3 Å². The maximum absolute atomic E-state index is 13.9. The van der Waals surface area contributed by atoms with E-state index in [0.717, 1.165) is 11.3 Å². The van der Waals surface area contributed by atoms with Gasteiger partial charge in [-0.2, -0.15) is 0 Å². The second kappa shape index (κ2) is 9.77. The number of benzene rings is 4. The van der Waals surface area contributed by atoms with E-state index < -0.39 is 18.8 Å². The van der Waals surface area contributed by atoms with Gasteiger partial charge >= 0.3 is 5.97 Å². The number of hydrogen-bond donors (Lipinski definition) is 1. The lowest BCUT2D eigenvalue weighted by Crippen LogP contribution is -2.33. The first-order valence-corrected chi connectivity index (χ1v) is 13.5. The minimum atomic E-state index is -2.35. The summed E-state index contributed by atoms with van der Waals surface area (Å²) in [5.74, 6) is 0.797. The van der Waals surface area contributed by atoms with Crippen molar-refractivity contribution in [3.8, 4) is 0 Å². The number of carboxylic acid groups (broad SMARTS) is 1. The van der Waals surface area contributed by atoms with Gasteiger partial charge in [0, 0.05) is 12.2 Å². The number of carbonyl (C=O) groups is 2. The van der Waals surface area contributed by atoms with Gasteiger partial charge in [0.25, 0.3) is 0 Å².